The Morgan fingerprint density at radius 3 is 2.65 bits per heavy atom. The van der Waals surface area contributed by atoms with E-state index in [-0.39, 0.29) is 17.0 Å². The van der Waals surface area contributed by atoms with E-state index in [2.05, 4.69) is 9.46 Å². The van der Waals surface area contributed by atoms with E-state index in [4.69, 9.17) is 5.26 Å². The van der Waals surface area contributed by atoms with Crippen LogP contribution in [0.5, 0.6) is 0 Å². The molecule has 0 atom stereocenters. The van der Waals surface area contributed by atoms with Crippen molar-refractivity contribution < 1.29 is 17.9 Å². The number of esters is 1. The smallest absolute Gasteiger partial charge is 0.337 e. The second-order valence-electron chi connectivity index (χ2n) is 4.70. The number of anilines is 1. The van der Waals surface area contributed by atoms with Gasteiger partial charge >= 0.3 is 5.97 Å². The fraction of sp³-hybridized carbons (Fsp3) is 0.125. The van der Waals surface area contributed by atoms with E-state index in [9.17, 15) is 13.2 Å². The number of carbonyl (C=O) groups is 1. The van der Waals surface area contributed by atoms with Gasteiger partial charge in [-0.25, -0.2) is 13.2 Å². The number of rotatable bonds is 5. The highest BCUT2D eigenvalue weighted by atomic mass is 32.2. The summed E-state index contributed by atoms with van der Waals surface area (Å²) in [6, 6.07) is 14.4. The Hall–Kier alpha value is -2.85. The van der Waals surface area contributed by atoms with Gasteiger partial charge in [-0.15, -0.1) is 0 Å². The summed E-state index contributed by atoms with van der Waals surface area (Å²) in [6.07, 6.45) is 0. The van der Waals surface area contributed by atoms with Crippen molar-refractivity contribution in [3.63, 3.8) is 0 Å². The van der Waals surface area contributed by atoms with Crippen molar-refractivity contribution in [2.75, 3.05) is 11.8 Å². The first kappa shape index (κ1) is 16.5. The Morgan fingerprint density at radius 1 is 1.22 bits per heavy atom. The van der Waals surface area contributed by atoms with E-state index < -0.39 is 16.0 Å². The van der Waals surface area contributed by atoms with Gasteiger partial charge in [0.05, 0.1) is 30.1 Å². The summed E-state index contributed by atoms with van der Waals surface area (Å²) in [5.74, 6) is -0.889. The summed E-state index contributed by atoms with van der Waals surface area (Å²) in [7, 11) is -2.47. The normalized spacial score (nSPS) is 10.6. The summed E-state index contributed by atoms with van der Waals surface area (Å²) in [4.78, 5) is 11.5. The number of nitriles is 1. The number of benzene rings is 2. The zero-order valence-electron chi connectivity index (χ0n) is 12.3. The van der Waals surface area contributed by atoms with Gasteiger partial charge in [-0.05, 0) is 29.8 Å². The lowest BCUT2D eigenvalue weighted by Gasteiger charge is -2.10. The van der Waals surface area contributed by atoms with Gasteiger partial charge in [0.2, 0.25) is 10.0 Å². The molecule has 0 aliphatic carbocycles. The highest BCUT2D eigenvalue weighted by Crippen LogP contribution is 2.17. The zero-order valence-corrected chi connectivity index (χ0v) is 13.1. The van der Waals surface area contributed by atoms with E-state index in [1.165, 1.54) is 25.3 Å². The second kappa shape index (κ2) is 6.94. The highest BCUT2D eigenvalue weighted by molar-refractivity contribution is 7.91. The Balaban J connectivity index is 2.22. The van der Waals surface area contributed by atoms with Crippen molar-refractivity contribution in [2.24, 2.45) is 0 Å². The van der Waals surface area contributed by atoms with Crippen LogP contribution in [0.2, 0.25) is 0 Å². The molecule has 0 unspecified atom stereocenters. The van der Waals surface area contributed by atoms with Gasteiger partial charge in [0.25, 0.3) is 0 Å². The first-order chi connectivity index (χ1) is 10.9. The van der Waals surface area contributed by atoms with E-state index in [1.54, 1.807) is 30.3 Å². The van der Waals surface area contributed by atoms with Gasteiger partial charge in [-0.1, -0.05) is 24.3 Å². The molecule has 0 saturated carbocycles. The van der Waals surface area contributed by atoms with Gasteiger partial charge in [0.1, 0.15) is 0 Å². The predicted molar refractivity (Wildman–Crippen MR) is 85.2 cm³/mol. The summed E-state index contributed by atoms with van der Waals surface area (Å²) in [5, 5.41) is 9.01. The van der Waals surface area contributed by atoms with Gasteiger partial charge in [-0.3, -0.25) is 4.72 Å². The quantitative estimate of drug-likeness (QED) is 0.848. The van der Waals surface area contributed by atoms with Crippen LogP contribution < -0.4 is 4.72 Å². The molecule has 0 fully saturated rings. The molecule has 0 heterocycles. The lowest BCUT2D eigenvalue weighted by molar-refractivity contribution is 0.0601. The maximum absolute atomic E-state index is 12.3. The van der Waals surface area contributed by atoms with E-state index in [0.717, 1.165) is 0 Å². The number of ether oxygens (including phenoxy) is 1. The molecule has 7 heteroatoms. The standard InChI is InChI=1S/C16H14N2O4S/c1-22-16(19)12-7-4-8-15(9-12)18-23(20,21)11-14-6-3-2-5-13(14)10-17/h2-9,18H,11H2,1H3. The largest absolute Gasteiger partial charge is 0.465 e. The van der Waals surface area contributed by atoms with Crippen molar-refractivity contribution in [3.05, 3.63) is 65.2 Å². The molecule has 118 valence electrons. The monoisotopic (exact) mass is 330 g/mol. The zero-order chi connectivity index (χ0) is 16.9. The molecule has 0 bridgehead atoms. The Kier molecular flexibility index (Phi) is 4.98. The third-order valence-electron chi connectivity index (χ3n) is 3.04. The predicted octanol–water partition coefficient (Wildman–Crippen LogP) is 2.29. The number of methoxy groups -OCH3 is 1. The van der Waals surface area contributed by atoms with Crippen molar-refractivity contribution in [1.82, 2.24) is 0 Å². The molecule has 0 spiro atoms. The summed E-state index contributed by atoms with van der Waals surface area (Å²) in [5.41, 5.74) is 1.21. The molecule has 23 heavy (non-hydrogen) atoms. The number of sulfonamides is 1. The lowest BCUT2D eigenvalue weighted by atomic mass is 10.1. The first-order valence-electron chi connectivity index (χ1n) is 6.62. The maximum atomic E-state index is 12.3. The summed E-state index contributed by atoms with van der Waals surface area (Å²) < 4.78 is 31.5. The molecule has 0 aromatic heterocycles. The van der Waals surface area contributed by atoms with Gasteiger partial charge < -0.3 is 4.74 Å². The lowest BCUT2D eigenvalue weighted by Crippen LogP contribution is -2.16. The average molecular weight is 330 g/mol. The van der Waals surface area contributed by atoms with Gasteiger partial charge in [0.15, 0.2) is 0 Å². The molecular weight excluding hydrogens is 316 g/mol. The third-order valence-corrected chi connectivity index (χ3v) is 4.28. The van der Waals surface area contributed by atoms with Crippen LogP contribution in [0, 0.1) is 11.3 Å². The van der Waals surface area contributed by atoms with Crippen LogP contribution in [0.4, 0.5) is 5.69 Å². The van der Waals surface area contributed by atoms with Crippen molar-refractivity contribution in [3.8, 4) is 6.07 Å². The van der Waals surface area contributed by atoms with Gasteiger partial charge in [0, 0.05) is 5.69 Å². The maximum Gasteiger partial charge on any atom is 0.337 e. The van der Waals surface area contributed by atoms with Crippen LogP contribution in [0.3, 0.4) is 0 Å². The molecule has 2 rings (SSSR count). The van der Waals surface area contributed by atoms with Crippen molar-refractivity contribution in [1.29, 1.82) is 5.26 Å². The summed E-state index contributed by atoms with van der Waals surface area (Å²) in [6.45, 7) is 0. The number of carbonyl (C=O) groups excluding carboxylic acids is 1. The highest BCUT2D eigenvalue weighted by Gasteiger charge is 2.15. The van der Waals surface area contributed by atoms with E-state index in [0.29, 0.717) is 11.1 Å². The third kappa shape index (κ3) is 4.31. The van der Waals surface area contributed by atoms with Crippen LogP contribution in [0.1, 0.15) is 21.5 Å². The second-order valence-corrected chi connectivity index (χ2v) is 6.42. The Morgan fingerprint density at radius 2 is 1.96 bits per heavy atom. The molecule has 0 radical (unpaired) electrons. The molecule has 1 N–H and O–H groups in total. The fourth-order valence-corrected chi connectivity index (χ4v) is 3.22. The Labute approximate surface area is 134 Å². The average Bonchev–Trinajstić information content (AvgIpc) is 2.54. The van der Waals surface area contributed by atoms with Crippen LogP contribution >= 0.6 is 0 Å². The number of hydrogen-bond acceptors (Lipinski definition) is 5. The van der Waals surface area contributed by atoms with Crippen LogP contribution in [-0.4, -0.2) is 21.5 Å². The summed E-state index contributed by atoms with van der Waals surface area (Å²) >= 11 is 0. The van der Waals surface area contributed by atoms with Crippen molar-refractivity contribution in [2.45, 2.75) is 5.75 Å². The molecule has 2 aromatic carbocycles. The number of nitrogens with zero attached hydrogens (tertiary/aromatic N) is 1. The minimum atomic E-state index is -3.72. The molecule has 0 aliphatic rings. The number of hydrogen-bond donors (Lipinski definition) is 1. The van der Waals surface area contributed by atoms with Crippen molar-refractivity contribution >= 4 is 21.7 Å². The molecule has 0 saturated heterocycles. The molecule has 2 aromatic rings. The Bertz CT molecular complexity index is 870. The topological polar surface area (TPSA) is 96.3 Å². The minimum absolute atomic E-state index is 0.241. The minimum Gasteiger partial charge on any atom is -0.465 e. The fourth-order valence-electron chi connectivity index (χ4n) is 2.00. The molecular formula is C16H14N2O4S. The molecule has 0 aliphatic heterocycles. The first-order valence-corrected chi connectivity index (χ1v) is 8.27. The van der Waals surface area contributed by atoms with Crippen LogP contribution in [0.15, 0.2) is 48.5 Å². The van der Waals surface area contributed by atoms with E-state index >= 15 is 0 Å². The van der Waals surface area contributed by atoms with Crippen LogP contribution in [0.25, 0.3) is 0 Å². The molecule has 0 amide bonds. The van der Waals surface area contributed by atoms with Crippen LogP contribution in [-0.2, 0) is 20.5 Å². The van der Waals surface area contributed by atoms with Gasteiger partial charge in [-0.2, -0.15) is 5.26 Å². The van der Waals surface area contributed by atoms with E-state index in [1.807, 2.05) is 6.07 Å². The number of nitrogens with one attached hydrogen (secondary N) is 1. The SMILES string of the molecule is COC(=O)c1cccc(NS(=O)(=O)Cc2ccccc2C#N)c1. The molecule has 6 nitrogen and oxygen atoms in total.